The molecule has 3 aromatic heterocycles. The molecule has 2 aliphatic rings. The molecule has 0 amide bonds. The lowest BCUT2D eigenvalue weighted by Gasteiger charge is -2.28. The van der Waals surface area contributed by atoms with E-state index < -0.39 is 0 Å². The van der Waals surface area contributed by atoms with E-state index in [1.165, 1.54) is 5.69 Å². The van der Waals surface area contributed by atoms with Crippen LogP contribution in [-0.2, 0) is 6.54 Å². The van der Waals surface area contributed by atoms with Gasteiger partial charge in [0.05, 0.1) is 24.0 Å². The van der Waals surface area contributed by atoms with Crippen molar-refractivity contribution in [3.05, 3.63) is 84.2 Å². The van der Waals surface area contributed by atoms with Gasteiger partial charge in [-0.25, -0.2) is 0 Å². The molecule has 0 saturated carbocycles. The van der Waals surface area contributed by atoms with Crippen molar-refractivity contribution in [2.24, 2.45) is 4.99 Å². The van der Waals surface area contributed by atoms with E-state index in [2.05, 4.69) is 56.8 Å². The Morgan fingerprint density at radius 2 is 1.89 bits per heavy atom. The van der Waals surface area contributed by atoms with Crippen LogP contribution in [0.15, 0.2) is 72.1 Å². The number of hydrogen-bond donors (Lipinski definition) is 0. The molecule has 0 aliphatic carbocycles. The molecule has 136 valence electrons. The van der Waals surface area contributed by atoms with E-state index in [1.807, 2.05) is 48.4 Å². The first-order valence-electron chi connectivity index (χ1n) is 9.26. The van der Waals surface area contributed by atoms with Crippen molar-refractivity contribution in [1.82, 2.24) is 19.4 Å². The molecule has 1 fully saturated rings. The van der Waals surface area contributed by atoms with Crippen molar-refractivity contribution in [1.29, 1.82) is 0 Å². The first kappa shape index (κ1) is 16.6. The summed E-state index contributed by atoms with van der Waals surface area (Å²) in [6.45, 7) is 4.05. The zero-order valence-electron chi connectivity index (χ0n) is 15.1. The van der Waals surface area contributed by atoms with Gasteiger partial charge >= 0.3 is 0 Å². The summed E-state index contributed by atoms with van der Waals surface area (Å²) in [6.07, 6.45) is 5.85. The third kappa shape index (κ3) is 3.04. The summed E-state index contributed by atoms with van der Waals surface area (Å²) in [7, 11) is 0. The fourth-order valence-corrected chi connectivity index (χ4v) is 5.04. The van der Waals surface area contributed by atoms with Crippen molar-refractivity contribution in [2.45, 2.75) is 30.8 Å². The predicted octanol–water partition coefficient (Wildman–Crippen LogP) is 3.92. The minimum absolute atomic E-state index is 0.0265. The molecule has 0 bridgehead atoms. The minimum atomic E-state index is 0.0265. The normalized spacial score (nSPS) is 24.1. The number of fused-ring (bicyclic) bond motifs is 1. The van der Waals surface area contributed by atoms with Crippen molar-refractivity contribution < 1.29 is 0 Å². The highest BCUT2D eigenvalue weighted by Crippen LogP contribution is 2.47. The van der Waals surface area contributed by atoms with Gasteiger partial charge in [0.15, 0.2) is 5.17 Å². The second-order valence-electron chi connectivity index (χ2n) is 7.02. The molecule has 0 radical (unpaired) electrons. The van der Waals surface area contributed by atoms with Crippen LogP contribution in [0, 0.1) is 0 Å². The van der Waals surface area contributed by atoms with Crippen LogP contribution >= 0.6 is 11.8 Å². The van der Waals surface area contributed by atoms with Gasteiger partial charge in [0.1, 0.15) is 6.04 Å². The number of nitrogens with zero attached hydrogens (tertiary/aromatic N) is 5. The fraction of sp³-hybridized carbons (Fsp3) is 0.286. The van der Waals surface area contributed by atoms with Crippen molar-refractivity contribution >= 4 is 16.9 Å². The second-order valence-corrected chi connectivity index (χ2v) is 8.42. The maximum absolute atomic E-state index is 5.07. The lowest BCUT2D eigenvalue weighted by molar-refractivity contribution is 0.307. The van der Waals surface area contributed by atoms with E-state index in [-0.39, 0.29) is 12.1 Å². The zero-order valence-corrected chi connectivity index (χ0v) is 16.0. The van der Waals surface area contributed by atoms with Crippen LogP contribution in [0.4, 0.5) is 0 Å². The van der Waals surface area contributed by atoms with E-state index in [1.54, 1.807) is 0 Å². The molecule has 5 rings (SSSR count). The molecule has 0 N–H and O–H groups in total. The lowest BCUT2D eigenvalue weighted by Crippen LogP contribution is -2.30. The van der Waals surface area contributed by atoms with Crippen molar-refractivity contribution in [3.8, 4) is 0 Å². The summed E-state index contributed by atoms with van der Waals surface area (Å²) < 4.78 is 2.30. The largest absolute Gasteiger partial charge is 0.344 e. The predicted molar refractivity (Wildman–Crippen MR) is 109 cm³/mol. The number of amidine groups is 1. The van der Waals surface area contributed by atoms with Crippen LogP contribution in [0.3, 0.4) is 0 Å². The van der Waals surface area contributed by atoms with Crippen molar-refractivity contribution in [2.75, 3.05) is 6.54 Å². The highest BCUT2D eigenvalue weighted by Gasteiger charge is 2.44. The summed E-state index contributed by atoms with van der Waals surface area (Å²) in [5.74, 6) is 0. The average molecular weight is 376 g/mol. The Kier molecular flexibility index (Phi) is 4.20. The lowest BCUT2D eigenvalue weighted by atomic mass is 10.0. The Bertz CT molecular complexity index is 953. The molecule has 5 heterocycles. The second kappa shape index (κ2) is 6.85. The number of rotatable bonds is 4. The molecule has 27 heavy (non-hydrogen) atoms. The Balaban J connectivity index is 1.53. The standard InChI is InChI=1S/C21H21N5S/c1-15-13-26-20(19(24-21(26)27-15)17-8-3-5-11-23-17)18-9-6-12-25(18)14-16-7-2-4-10-22-16/h2-12,15,19-20H,13-14H2,1H3/t15-,19+,20-/m1/s1. The van der Waals surface area contributed by atoms with Crippen LogP contribution in [0.25, 0.3) is 0 Å². The first-order chi connectivity index (χ1) is 13.3. The van der Waals surface area contributed by atoms with Gasteiger partial charge in [-0.2, -0.15) is 0 Å². The van der Waals surface area contributed by atoms with E-state index in [4.69, 9.17) is 4.99 Å². The van der Waals surface area contributed by atoms with Gasteiger partial charge < -0.3 is 9.47 Å². The smallest absolute Gasteiger partial charge is 0.160 e. The Labute approximate surface area is 163 Å². The minimum Gasteiger partial charge on any atom is -0.344 e. The summed E-state index contributed by atoms with van der Waals surface area (Å²) in [5, 5.41) is 1.71. The molecule has 2 aliphatic heterocycles. The molecule has 0 aromatic carbocycles. The van der Waals surface area contributed by atoms with Gasteiger partial charge in [0, 0.05) is 36.1 Å². The molecule has 1 saturated heterocycles. The van der Waals surface area contributed by atoms with Gasteiger partial charge in [-0.15, -0.1) is 0 Å². The van der Waals surface area contributed by atoms with Gasteiger partial charge in [-0.05, 0) is 36.4 Å². The SMILES string of the molecule is C[C@@H]1CN2C(=N[C@@H](c3ccccn3)[C@H]2c2cccn2Cc2ccccn2)S1. The fourth-order valence-electron chi connectivity index (χ4n) is 3.94. The van der Waals surface area contributed by atoms with Gasteiger partial charge in [-0.3, -0.25) is 15.0 Å². The van der Waals surface area contributed by atoms with Gasteiger partial charge in [0.2, 0.25) is 0 Å². The Hall–Kier alpha value is -2.60. The third-order valence-electron chi connectivity index (χ3n) is 5.11. The van der Waals surface area contributed by atoms with Gasteiger partial charge in [0.25, 0.3) is 0 Å². The molecule has 0 unspecified atom stereocenters. The van der Waals surface area contributed by atoms with E-state index in [0.29, 0.717) is 5.25 Å². The van der Waals surface area contributed by atoms with Crippen LogP contribution in [0.2, 0.25) is 0 Å². The number of aromatic nitrogens is 3. The average Bonchev–Trinajstić information content (AvgIpc) is 3.37. The maximum atomic E-state index is 5.07. The third-order valence-corrected chi connectivity index (χ3v) is 6.21. The summed E-state index contributed by atoms with van der Waals surface area (Å²) in [5.41, 5.74) is 3.36. The van der Waals surface area contributed by atoms with E-state index >= 15 is 0 Å². The number of pyridine rings is 2. The molecule has 5 nitrogen and oxygen atoms in total. The highest BCUT2D eigenvalue weighted by molar-refractivity contribution is 8.14. The molecular formula is C21H21N5S. The van der Waals surface area contributed by atoms with Crippen LogP contribution < -0.4 is 0 Å². The topological polar surface area (TPSA) is 46.3 Å². The number of aliphatic imine (C=N–C) groups is 1. The monoisotopic (exact) mass is 375 g/mol. The molecule has 0 spiro atoms. The van der Waals surface area contributed by atoms with E-state index in [9.17, 15) is 0 Å². The quantitative estimate of drug-likeness (QED) is 0.693. The zero-order chi connectivity index (χ0) is 18.2. The molecule has 6 heteroatoms. The number of hydrogen-bond acceptors (Lipinski definition) is 5. The van der Waals surface area contributed by atoms with Crippen molar-refractivity contribution in [3.63, 3.8) is 0 Å². The van der Waals surface area contributed by atoms with Crippen LogP contribution in [0.5, 0.6) is 0 Å². The molecule has 3 aromatic rings. The summed E-state index contributed by atoms with van der Waals surface area (Å²) >= 11 is 1.87. The number of thioether (sulfide) groups is 1. The molecule has 3 atom stereocenters. The summed E-state index contributed by atoms with van der Waals surface area (Å²) in [4.78, 5) is 16.6. The Morgan fingerprint density at radius 1 is 1.04 bits per heavy atom. The van der Waals surface area contributed by atoms with Crippen LogP contribution in [0.1, 0.15) is 36.1 Å². The maximum Gasteiger partial charge on any atom is 0.160 e. The van der Waals surface area contributed by atoms with Gasteiger partial charge in [-0.1, -0.05) is 30.8 Å². The Morgan fingerprint density at radius 3 is 2.67 bits per heavy atom. The summed E-state index contributed by atoms with van der Waals surface area (Å²) in [6, 6.07) is 16.7. The first-order valence-corrected chi connectivity index (χ1v) is 10.1. The highest BCUT2D eigenvalue weighted by atomic mass is 32.2. The molecular weight excluding hydrogens is 354 g/mol. The van der Waals surface area contributed by atoms with Crippen LogP contribution in [-0.4, -0.2) is 36.4 Å². The van der Waals surface area contributed by atoms with E-state index in [0.717, 1.165) is 29.6 Å².